The van der Waals surface area contributed by atoms with Gasteiger partial charge in [0.05, 0.1) is 16.6 Å². The summed E-state index contributed by atoms with van der Waals surface area (Å²) in [5, 5.41) is 15.1. The number of nitrogens with one attached hydrogen (secondary N) is 2. The van der Waals surface area contributed by atoms with Crippen LogP contribution in [-0.4, -0.2) is 64.0 Å². The van der Waals surface area contributed by atoms with Crippen molar-refractivity contribution in [1.82, 2.24) is 10.2 Å². The quantitative estimate of drug-likeness (QED) is 0.465. The van der Waals surface area contributed by atoms with E-state index in [-0.39, 0.29) is 35.5 Å². The molecule has 6 atom stereocenters. The summed E-state index contributed by atoms with van der Waals surface area (Å²) in [6.45, 7) is 6.74. The molecule has 3 fully saturated rings. The number of fused-ring (bicyclic) bond motifs is 1. The number of anilines is 1. The number of aliphatic hydroxyl groups is 1. The Kier molecular flexibility index (Phi) is 7.29. The highest BCUT2D eigenvalue weighted by atomic mass is 32.2. The van der Waals surface area contributed by atoms with E-state index in [1.807, 2.05) is 32.0 Å². The Morgan fingerprint density at radius 1 is 1.15 bits per heavy atom. The average Bonchev–Trinajstić information content (AvgIpc) is 3.39. The van der Waals surface area contributed by atoms with Crippen LogP contribution in [0.3, 0.4) is 0 Å². The van der Waals surface area contributed by atoms with Crippen LogP contribution in [0.1, 0.15) is 50.2 Å². The van der Waals surface area contributed by atoms with Crippen molar-refractivity contribution in [2.45, 2.75) is 68.9 Å². The minimum absolute atomic E-state index is 0.0565. The number of nitrogens with zero attached hydrogens (tertiary/aromatic N) is 1. The van der Waals surface area contributed by atoms with Gasteiger partial charge in [0.2, 0.25) is 17.7 Å². The summed E-state index contributed by atoms with van der Waals surface area (Å²) < 4.78 is -0.593. The number of carbonyl (C=O) groups excluding carboxylic acids is 3. The Morgan fingerprint density at radius 2 is 1.82 bits per heavy atom. The normalized spacial score (nSPS) is 31.6. The molecule has 4 rings (SSSR count). The van der Waals surface area contributed by atoms with Gasteiger partial charge in [-0.1, -0.05) is 38.0 Å². The first-order chi connectivity index (χ1) is 16.3. The summed E-state index contributed by atoms with van der Waals surface area (Å²) in [7, 11) is 1.62. The highest BCUT2D eigenvalue weighted by molar-refractivity contribution is 8.02. The van der Waals surface area contributed by atoms with E-state index < -0.39 is 22.6 Å². The molecule has 2 bridgehead atoms. The maximum Gasteiger partial charge on any atom is 0.248 e. The lowest BCUT2D eigenvalue weighted by Gasteiger charge is -2.38. The smallest absolute Gasteiger partial charge is 0.248 e. The standard InChI is InChI=1S/C26H37N3O4S/c1-15-10-9-11-16(2)21(15)28-24(32)22-26-17(3)14-18(34-26)19(23(31)27-4)20(26)25(33)29(22)12-7-5-6-8-13-30/h9-11,17-20,22,30H,5-8,12-14H2,1-4H3,(H,27,31)(H,28,32)/t17?,18-,19+,20+,22?,26?/m1/s1. The molecule has 7 nitrogen and oxygen atoms in total. The van der Waals surface area contributed by atoms with Crippen molar-refractivity contribution < 1.29 is 19.5 Å². The molecule has 0 aliphatic carbocycles. The topological polar surface area (TPSA) is 98.7 Å². The highest BCUT2D eigenvalue weighted by Gasteiger charge is 2.75. The third-order valence-electron chi connectivity index (χ3n) is 8.08. The molecule has 1 aromatic carbocycles. The highest BCUT2D eigenvalue weighted by Crippen LogP contribution is 2.68. The van der Waals surface area contributed by atoms with Gasteiger partial charge in [-0.2, -0.15) is 0 Å². The second-order valence-corrected chi connectivity index (χ2v) is 11.6. The van der Waals surface area contributed by atoms with Crippen LogP contribution in [0.5, 0.6) is 0 Å². The fraction of sp³-hybridized carbons (Fsp3) is 0.654. The first-order valence-corrected chi connectivity index (χ1v) is 13.3. The molecule has 0 radical (unpaired) electrons. The SMILES string of the molecule is CNC(=O)[C@@H]1[C@H]2C(=O)N(CCCCCCO)C(C(=O)Nc3c(C)cccc3C)C23S[C@@H]1CC3C. The van der Waals surface area contributed by atoms with Crippen molar-refractivity contribution in [2.24, 2.45) is 17.8 Å². The molecule has 0 saturated carbocycles. The third-order valence-corrected chi connectivity index (χ3v) is 10.2. The van der Waals surface area contributed by atoms with E-state index in [0.29, 0.717) is 6.54 Å². The Bertz CT molecular complexity index is 949. The molecule has 34 heavy (non-hydrogen) atoms. The molecule has 3 aliphatic rings. The number of likely N-dealkylation sites (tertiary alicyclic amines) is 1. The van der Waals surface area contributed by atoms with Crippen LogP contribution < -0.4 is 10.6 Å². The number of thioether (sulfide) groups is 1. The fourth-order valence-electron chi connectivity index (χ4n) is 6.48. The number of para-hydroxylation sites is 1. The van der Waals surface area contributed by atoms with Crippen LogP contribution in [0.2, 0.25) is 0 Å². The van der Waals surface area contributed by atoms with Gasteiger partial charge in [0.25, 0.3) is 0 Å². The number of amides is 3. The number of hydrogen-bond donors (Lipinski definition) is 3. The van der Waals surface area contributed by atoms with Gasteiger partial charge in [0.1, 0.15) is 6.04 Å². The second-order valence-electron chi connectivity index (χ2n) is 10.1. The molecule has 3 saturated heterocycles. The molecule has 3 unspecified atom stereocenters. The molecule has 3 amide bonds. The lowest BCUT2D eigenvalue weighted by atomic mass is 9.66. The molecule has 1 aromatic rings. The van der Waals surface area contributed by atoms with Crippen LogP contribution in [0, 0.1) is 31.6 Å². The van der Waals surface area contributed by atoms with Gasteiger partial charge in [-0.3, -0.25) is 14.4 Å². The number of benzene rings is 1. The number of unbranched alkanes of at least 4 members (excludes halogenated alkanes) is 3. The second kappa shape index (κ2) is 9.90. The summed E-state index contributed by atoms with van der Waals surface area (Å²) in [6.07, 6.45) is 4.13. The van der Waals surface area contributed by atoms with Gasteiger partial charge >= 0.3 is 0 Å². The zero-order valence-electron chi connectivity index (χ0n) is 20.6. The average molecular weight is 488 g/mol. The molecule has 186 valence electrons. The van der Waals surface area contributed by atoms with Gasteiger partial charge in [0, 0.05) is 31.1 Å². The van der Waals surface area contributed by atoms with Crippen molar-refractivity contribution in [3.8, 4) is 0 Å². The molecule has 3 heterocycles. The maximum atomic E-state index is 14.0. The zero-order chi connectivity index (χ0) is 24.6. The van der Waals surface area contributed by atoms with Crippen LogP contribution >= 0.6 is 11.8 Å². The van der Waals surface area contributed by atoms with Crippen LogP contribution in [0.15, 0.2) is 18.2 Å². The molecule has 0 aromatic heterocycles. The summed E-state index contributed by atoms with van der Waals surface area (Å²) in [5.41, 5.74) is 2.78. The van der Waals surface area contributed by atoms with E-state index >= 15 is 0 Å². The van der Waals surface area contributed by atoms with Crippen LogP contribution in [0.4, 0.5) is 5.69 Å². The van der Waals surface area contributed by atoms with Crippen molar-refractivity contribution >= 4 is 35.2 Å². The number of aliphatic hydroxyl groups excluding tert-OH is 1. The van der Waals surface area contributed by atoms with E-state index in [2.05, 4.69) is 17.6 Å². The first-order valence-electron chi connectivity index (χ1n) is 12.5. The van der Waals surface area contributed by atoms with Gasteiger partial charge in [-0.05, 0) is 50.2 Å². The predicted molar refractivity (Wildman–Crippen MR) is 135 cm³/mol. The summed E-state index contributed by atoms with van der Waals surface area (Å²) in [6, 6.07) is 5.31. The summed E-state index contributed by atoms with van der Waals surface area (Å²) in [5.74, 6) is -1.01. The van der Waals surface area contributed by atoms with Crippen LogP contribution in [0.25, 0.3) is 0 Å². The predicted octanol–water partition coefficient (Wildman–Crippen LogP) is 2.88. The molecular weight excluding hydrogens is 450 g/mol. The molecule has 3 aliphatic heterocycles. The van der Waals surface area contributed by atoms with Crippen molar-refractivity contribution in [3.05, 3.63) is 29.3 Å². The zero-order valence-corrected chi connectivity index (χ0v) is 21.4. The molecule has 3 N–H and O–H groups in total. The van der Waals surface area contributed by atoms with Crippen molar-refractivity contribution in [3.63, 3.8) is 0 Å². The van der Waals surface area contributed by atoms with Gasteiger partial charge in [-0.15, -0.1) is 11.8 Å². The summed E-state index contributed by atoms with van der Waals surface area (Å²) in [4.78, 5) is 42.5. The maximum absolute atomic E-state index is 14.0. The summed E-state index contributed by atoms with van der Waals surface area (Å²) >= 11 is 1.70. The monoisotopic (exact) mass is 487 g/mol. The van der Waals surface area contributed by atoms with Crippen LogP contribution in [-0.2, 0) is 14.4 Å². The van der Waals surface area contributed by atoms with Crippen molar-refractivity contribution in [2.75, 3.05) is 25.5 Å². The lowest BCUT2D eigenvalue weighted by Crippen LogP contribution is -2.55. The van der Waals surface area contributed by atoms with Gasteiger partial charge in [0.15, 0.2) is 0 Å². The fourth-order valence-corrected chi connectivity index (χ4v) is 8.90. The Morgan fingerprint density at radius 3 is 2.47 bits per heavy atom. The van der Waals surface area contributed by atoms with E-state index in [9.17, 15) is 14.4 Å². The molecule has 1 spiro atoms. The van der Waals surface area contributed by atoms with E-state index in [1.165, 1.54) is 0 Å². The number of hydrogen-bond acceptors (Lipinski definition) is 5. The van der Waals surface area contributed by atoms with Crippen molar-refractivity contribution in [1.29, 1.82) is 0 Å². The largest absolute Gasteiger partial charge is 0.396 e. The minimum atomic E-state index is -0.610. The number of aryl methyl sites for hydroxylation is 2. The Balaban J connectivity index is 1.68. The third kappa shape index (κ3) is 3.92. The lowest BCUT2D eigenvalue weighted by molar-refractivity contribution is -0.139. The number of carbonyl (C=O) groups is 3. The first kappa shape index (κ1) is 25.0. The molecule has 8 heteroatoms. The minimum Gasteiger partial charge on any atom is -0.396 e. The van der Waals surface area contributed by atoms with E-state index in [0.717, 1.165) is 48.9 Å². The Labute approximate surface area is 206 Å². The van der Waals surface area contributed by atoms with Gasteiger partial charge in [-0.25, -0.2) is 0 Å². The number of rotatable bonds is 9. The van der Waals surface area contributed by atoms with Gasteiger partial charge < -0.3 is 20.6 Å². The molecular formula is C26H37N3O4S. The van der Waals surface area contributed by atoms with E-state index in [4.69, 9.17) is 5.11 Å². The van der Waals surface area contributed by atoms with E-state index in [1.54, 1.807) is 23.7 Å². The Hall–Kier alpha value is -2.06.